The Labute approximate surface area is 111 Å². The molecular formula is C15H25NO2. The van der Waals surface area contributed by atoms with Crippen molar-refractivity contribution in [1.82, 2.24) is 4.90 Å². The molecule has 0 N–H and O–H groups in total. The van der Waals surface area contributed by atoms with E-state index in [1.165, 1.54) is 5.56 Å². The summed E-state index contributed by atoms with van der Waals surface area (Å²) in [7, 11) is 5.80. The maximum absolute atomic E-state index is 5.89. The van der Waals surface area contributed by atoms with Crippen molar-refractivity contribution in [1.29, 1.82) is 0 Å². The highest BCUT2D eigenvalue weighted by molar-refractivity contribution is 5.47. The number of nitrogens with zero attached hydrogens (tertiary/aromatic N) is 1. The minimum atomic E-state index is 0.425. The van der Waals surface area contributed by atoms with E-state index in [0.717, 1.165) is 23.6 Å². The van der Waals surface area contributed by atoms with Crippen molar-refractivity contribution in [3.8, 4) is 11.5 Å². The van der Waals surface area contributed by atoms with Crippen LogP contribution < -0.4 is 9.47 Å². The first-order valence-corrected chi connectivity index (χ1v) is 6.41. The minimum Gasteiger partial charge on any atom is -0.496 e. The van der Waals surface area contributed by atoms with Crippen LogP contribution in [0, 0.1) is 6.92 Å². The fourth-order valence-corrected chi connectivity index (χ4v) is 1.81. The lowest BCUT2D eigenvalue weighted by atomic mass is 10.00. The number of likely N-dealkylation sites (N-methyl/N-ethyl adjacent to an activating group) is 1. The molecule has 0 unspecified atom stereocenters. The zero-order valence-electron chi connectivity index (χ0n) is 12.4. The van der Waals surface area contributed by atoms with Crippen molar-refractivity contribution in [2.24, 2.45) is 0 Å². The molecule has 0 amide bonds. The fraction of sp³-hybridized carbons (Fsp3) is 0.600. The van der Waals surface area contributed by atoms with Gasteiger partial charge in [-0.25, -0.2) is 0 Å². The van der Waals surface area contributed by atoms with Crippen molar-refractivity contribution in [3.63, 3.8) is 0 Å². The summed E-state index contributed by atoms with van der Waals surface area (Å²) >= 11 is 0. The van der Waals surface area contributed by atoms with E-state index in [2.05, 4.69) is 30.9 Å². The maximum atomic E-state index is 5.89. The number of benzene rings is 1. The standard InChI is InChI=1S/C15H25NO2/c1-11(2)13-10-14(17-6)12(3)9-15(13)18-8-7-16(4)5/h9-11H,7-8H2,1-6H3. The fourth-order valence-electron chi connectivity index (χ4n) is 1.81. The smallest absolute Gasteiger partial charge is 0.123 e. The van der Waals surface area contributed by atoms with E-state index in [-0.39, 0.29) is 0 Å². The normalized spacial score (nSPS) is 11.1. The van der Waals surface area contributed by atoms with Gasteiger partial charge in [0.15, 0.2) is 0 Å². The van der Waals surface area contributed by atoms with Crippen molar-refractivity contribution < 1.29 is 9.47 Å². The van der Waals surface area contributed by atoms with Crippen LogP contribution in [0.2, 0.25) is 0 Å². The molecule has 0 radical (unpaired) electrons. The largest absolute Gasteiger partial charge is 0.496 e. The molecule has 0 atom stereocenters. The molecule has 1 aromatic carbocycles. The van der Waals surface area contributed by atoms with Gasteiger partial charge in [0.25, 0.3) is 0 Å². The number of methoxy groups -OCH3 is 1. The highest BCUT2D eigenvalue weighted by Crippen LogP contribution is 2.33. The zero-order valence-corrected chi connectivity index (χ0v) is 12.4. The highest BCUT2D eigenvalue weighted by atomic mass is 16.5. The van der Waals surface area contributed by atoms with E-state index in [4.69, 9.17) is 9.47 Å². The van der Waals surface area contributed by atoms with Crippen molar-refractivity contribution in [2.75, 3.05) is 34.4 Å². The molecule has 0 bridgehead atoms. The predicted octanol–water partition coefficient (Wildman–Crippen LogP) is 3.07. The molecule has 0 saturated carbocycles. The highest BCUT2D eigenvalue weighted by Gasteiger charge is 2.12. The first-order chi connectivity index (χ1) is 8.45. The first kappa shape index (κ1) is 14.8. The van der Waals surface area contributed by atoms with Gasteiger partial charge in [0.1, 0.15) is 18.1 Å². The van der Waals surface area contributed by atoms with Crippen molar-refractivity contribution in [3.05, 3.63) is 23.3 Å². The van der Waals surface area contributed by atoms with Gasteiger partial charge in [-0.1, -0.05) is 13.8 Å². The molecule has 0 fully saturated rings. The van der Waals surface area contributed by atoms with Crippen LogP contribution in [0.25, 0.3) is 0 Å². The van der Waals surface area contributed by atoms with Gasteiger partial charge in [0, 0.05) is 12.1 Å². The molecule has 1 aromatic rings. The van der Waals surface area contributed by atoms with Crippen LogP contribution in [0.5, 0.6) is 11.5 Å². The van der Waals surface area contributed by atoms with E-state index in [9.17, 15) is 0 Å². The van der Waals surface area contributed by atoms with Gasteiger partial charge in [0.2, 0.25) is 0 Å². The summed E-state index contributed by atoms with van der Waals surface area (Å²) < 4.78 is 11.3. The second-order valence-electron chi connectivity index (χ2n) is 5.17. The van der Waals surface area contributed by atoms with Crippen LogP contribution in [0.15, 0.2) is 12.1 Å². The molecule has 0 heterocycles. The number of ether oxygens (including phenoxy) is 2. The molecule has 0 spiro atoms. The monoisotopic (exact) mass is 251 g/mol. The van der Waals surface area contributed by atoms with Crippen LogP contribution in [-0.2, 0) is 0 Å². The maximum Gasteiger partial charge on any atom is 0.123 e. The van der Waals surface area contributed by atoms with Crippen LogP contribution in [0.3, 0.4) is 0 Å². The van der Waals surface area contributed by atoms with Gasteiger partial charge in [0.05, 0.1) is 7.11 Å². The molecule has 0 aliphatic rings. The van der Waals surface area contributed by atoms with Crippen LogP contribution in [0.1, 0.15) is 30.9 Å². The molecular weight excluding hydrogens is 226 g/mol. The van der Waals surface area contributed by atoms with Gasteiger partial charge in [-0.3, -0.25) is 0 Å². The summed E-state index contributed by atoms with van der Waals surface area (Å²) in [5.41, 5.74) is 2.32. The summed E-state index contributed by atoms with van der Waals surface area (Å²) in [6.07, 6.45) is 0. The Morgan fingerprint density at radius 2 is 1.83 bits per heavy atom. The third-order valence-corrected chi connectivity index (χ3v) is 2.95. The summed E-state index contributed by atoms with van der Waals surface area (Å²) in [5.74, 6) is 2.33. The number of aryl methyl sites for hydroxylation is 1. The Bertz CT molecular complexity index is 386. The SMILES string of the molecule is COc1cc(C(C)C)c(OCCN(C)C)cc1C. The van der Waals surface area contributed by atoms with E-state index in [1.54, 1.807) is 7.11 Å². The lowest BCUT2D eigenvalue weighted by Crippen LogP contribution is -2.19. The summed E-state index contributed by atoms with van der Waals surface area (Å²) in [4.78, 5) is 2.12. The summed E-state index contributed by atoms with van der Waals surface area (Å²) in [5, 5.41) is 0. The Balaban J connectivity index is 2.91. The average Bonchev–Trinajstić information content (AvgIpc) is 2.28. The van der Waals surface area contributed by atoms with Crippen molar-refractivity contribution in [2.45, 2.75) is 26.7 Å². The molecule has 3 heteroatoms. The van der Waals surface area contributed by atoms with E-state index < -0.39 is 0 Å². The van der Waals surface area contributed by atoms with Gasteiger partial charge in [-0.05, 0) is 44.6 Å². The second-order valence-corrected chi connectivity index (χ2v) is 5.17. The first-order valence-electron chi connectivity index (χ1n) is 6.41. The molecule has 18 heavy (non-hydrogen) atoms. The van der Waals surface area contributed by atoms with Crippen LogP contribution in [-0.4, -0.2) is 39.3 Å². The third kappa shape index (κ3) is 3.91. The molecule has 0 aliphatic heterocycles. The Hall–Kier alpha value is -1.22. The Morgan fingerprint density at radius 3 is 2.33 bits per heavy atom. The molecule has 0 saturated heterocycles. The zero-order chi connectivity index (χ0) is 13.7. The molecule has 0 aromatic heterocycles. The number of hydrogen-bond donors (Lipinski definition) is 0. The lowest BCUT2D eigenvalue weighted by molar-refractivity contribution is 0.258. The number of rotatable bonds is 6. The average molecular weight is 251 g/mol. The van der Waals surface area contributed by atoms with E-state index in [1.807, 2.05) is 21.0 Å². The molecule has 1 rings (SSSR count). The van der Waals surface area contributed by atoms with Gasteiger partial charge in [-0.15, -0.1) is 0 Å². The third-order valence-electron chi connectivity index (χ3n) is 2.95. The van der Waals surface area contributed by atoms with Gasteiger partial charge in [-0.2, -0.15) is 0 Å². The molecule has 102 valence electrons. The lowest BCUT2D eigenvalue weighted by Gasteiger charge is -2.18. The van der Waals surface area contributed by atoms with Gasteiger partial charge < -0.3 is 14.4 Å². The molecule has 0 aliphatic carbocycles. The van der Waals surface area contributed by atoms with Gasteiger partial charge >= 0.3 is 0 Å². The summed E-state index contributed by atoms with van der Waals surface area (Å²) in [6.45, 7) is 8.01. The van der Waals surface area contributed by atoms with Crippen molar-refractivity contribution >= 4 is 0 Å². The quantitative estimate of drug-likeness (QED) is 0.775. The minimum absolute atomic E-state index is 0.425. The Morgan fingerprint density at radius 1 is 1.17 bits per heavy atom. The van der Waals surface area contributed by atoms with Crippen LogP contribution in [0.4, 0.5) is 0 Å². The predicted molar refractivity (Wildman–Crippen MR) is 75.9 cm³/mol. The van der Waals surface area contributed by atoms with E-state index >= 15 is 0 Å². The second kappa shape index (κ2) is 6.64. The topological polar surface area (TPSA) is 21.7 Å². The number of hydrogen-bond acceptors (Lipinski definition) is 3. The van der Waals surface area contributed by atoms with Crippen LogP contribution >= 0.6 is 0 Å². The Kier molecular flexibility index (Phi) is 5.48. The molecule has 3 nitrogen and oxygen atoms in total. The summed E-state index contributed by atoms with van der Waals surface area (Å²) in [6, 6.07) is 4.16. The van der Waals surface area contributed by atoms with E-state index in [0.29, 0.717) is 12.5 Å².